The predicted molar refractivity (Wildman–Crippen MR) is 146 cm³/mol. The van der Waals surface area contributed by atoms with Crippen molar-refractivity contribution in [3.8, 4) is 12.3 Å². The van der Waals surface area contributed by atoms with Crippen LogP contribution in [0.5, 0.6) is 0 Å². The van der Waals surface area contributed by atoms with Gasteiger partial charge in [0, 0.05) is 26.7 Å². The van der Waals surface area contributed by atoms with E-state index in [4.69, 9.17) is 49.1 Å². The topological polar surface area (TPSA) is 165 Å². The number of ether oxygens (including phenoxy) is 9. The summed E-state index contributed by atoms with van der Waals surface area (Å²) in [6.45, 7) is 3.99. The van der Waals surface area contributed by atoms with Gasteiger partial charge in [-0.25, -0.2) is 19.1 Å². The molecule has 0 unspecified atom stereocenters. The minimum Gasteiger partial charge on any atom is -0.458 e. The highest BCUT2D eigenvalue weighted by Crippen LogP contribution is 2.12. The first-order valence-electron chi connectivity index (χ1n) is 13.7. The fraction of sp³-hybridized carbons (Fsp3) is 0.741. The van der Waals surface area contributed by atoms with Crippen molar-refractivity contribution >= 4 is 17.9 Å². The molecule has 0 aromatic carbocycles. The van der Waals surface area contributed by atoms with Crippen LogP contribution in [0, 0.1) is 12.3 Å². The highest BCUT2D eigenvalue weighted by atomic mass is 16.6. The molecule has 0 amide bonds. The molecule has 1 heterocycles. The highest BCUT2D eigenvalue weighted by Gasteiger charge is 2.27. The highest BCUT2D eigenvalue weighted by molar-refractivity contribution is 6.00. The summed E-state index contributed by atoms with van der Waals surface area (Å²) in [5, 5.41) is 7.85. The molecule has 0 aliphatic heterocycles. The van der Waals surface area contributed by atoms with Crippen LogP contribution < -0.4 is 0 Å². The third-order valence-electron chi connectivity index (χ3n) is 5.27. The number of nitrogens with zero attached hydrogens (tertiary/aromatic N) is 3. The summed E-state index contributed by atoms with van der Waals surface area (Å²) in [6.07, 6.45) is 7.71. The van der Waals surface area contributed by atoms with Gasteiger partial charge >= 0.3 is 17.9 Å². The van der Waals surface area contributed by atoms with E-state index in [9.17, 15) is 14.4 Å². The lowest BCUT2D eigenvalue weighted by atomic mass is 10.2. The molecule has 0 spiro atoms. The molecule has 15 heteroatoms. The molecule has 0 N–H and O–H groups in total. The van der Waals surface area contributed by atoms with Gasteiger partial charge in [-0.05, 0) is 19.3 Å². The van der Waals surface area contributed by atoms with Gasteiger partial charge in [0.15, 0.2) is 5.69 Å². The van der Waals surface area contributed by atoms with Crippen LogP contribution in [0.4, 0.5) is 0 Å². The quantitative estimate of drug-likeness (QED) is 0.0454. The van der Waals surface area contributed by atoms with E-state index >= 15 is 0 Å². The average Bonchev–Trinajstić information content (AvgIpc) is 3.42. The fourth-order valence-corrected chi connectivity index (χ4v) is 3.18. The van der Waals surface area contributed by atoms with E-state index in [0.717, 1.165) is 12.8 Å². The number of aromatic nitrogens is 3. The number of methoxy groups -OCH3 is 2. The van der Waals surface area contributed by atoms with E-state index in [0.29, 0.717) is 72.2 Å². The largest absolute Gasteiger partial charge is 0.458 e. The van der Waals surface area contributed by atoms with Gasteiger partial charge in [-0.1, -0.05) is 11.6 Å². The Labute approximate surface area is 246 Å². The lowest BCUT2D eigenvalue weighted by Crippen LogP contribution is -2.21. The summed E-state index contributed by atoms with van der Waals surface area (Å²) in [5.74, 6) is -0.415. The Hall–Kier alpha value is -3.13. The maximum Gasteiger partial charge on any atom is 0.384 e. The fourth-order valence-electron chi connectivity index (χ4n) is 3.18. The zero-order valence-electron chi connectivity index (χ0n) is 24.5. The minimum absolute atomic E-state index is 0.0484. The molecule has 0 atom stereocenters. The van der Waals surface area contributed by atoms with E-state index in [1.807, 2.05) is 5.92 Å². The summed E-state index contributed by atoms with van der Waals surface area (Å²) < 4.78 is 47.8. The first-order chi connectivity index (χ1) is 20.5. The number of esters is 3. The molecule has 1 aromatic rings. The van der Waals surface area contributed by atoms with Crippen molar-refractivity contribution in [1.29, 1.82) is 0 Å². The summed E-state index contributed by atoms with van der Waals surface area (Å²) in [5.41, 5.74) is -0.366. The molecule has 0 saturated heterocycles. The first kappa shape index (κ1) is 36.9. The number of aryl methyl sites for hydroxylation is 1. The lowest BCUT2D eigenvalue weighted by Gasteiger charge is -2.10. The Bertz CT molecular complexity index is 919. The SMILES string of the molecule is C#CC(=O)OCCCCCCn1nnc(C(=O)OCCOCCOCCOC)c1C(=O)OCCOCCOCCOC. The molecule has 1 rings (SSSR count). The maximum absolute atomic E-state index is 12.9. The summed E-state index contributed by atoms with van der Waals surface area (Å²) >= 11 is 0. The number of terminal acetylenes is 1. The second kappa shape index (κ2) is 25.6. The zero-order valence-corrected chi connectivity index (χ0v) is 24.5. The van der Waals surface area contributed by atoms with Gasteiger partial charge in [0.25, 0.3) is 0 Å². The van der Waals surface area contributed by atoms with Gasteiger partial charge in [0.2, 0.25) is 5.69 Å². The van der Waals surface area contributed by atoms with Gasteiger partial charge in [0.1, 0.15) is 13.2 Å². The smallest absolute Gasteiger partial charge is 0.384 e. The van der Waals surface area contributed by atoms with Gasteiger partial charge in [-0.2, -0.15) is 0 Å². The monoisotopic (exact) mass is 601 g/mol. The van der Waals surface area contributed by atoms with Crippen molar-refractivity contribution < 1.29 is 57.0 Å². The van der Waals surface area contributed by atoms with Crippen LogP contribution in [-0.4, -0.2) is 133 Å². The number of carbonyl (C=O) groups is 3. The molecule has 0 aliphatic rings. The summed E-state index contributed by atoms with van der Waals surface area (Å²) in [6, 6.07) is 0. The van der Waals surface area contributed by atoms with Crippen LogP contribution in [0.3, 0.4) is 0 Å². The minimum atomic E-state index is -0.826. The third-order valence-corrected chi connectivity index (χ3v) is 5.27. The molecular weight excluding hydrogens is 558 g/mol. The Morgan fingerprint density at radius 2 is 1.14 bits per heavy atom. The molecule has 15 nitrogen and oxygen atoms in total. The molecule has 0 aliphatic carbocycles. The Morgan fingerprint density at radius 1 is 0.643 bits per heavy atom. The van der Waals surface area contributed by atoms with Crippen LogP contribution in [-0.2, 0) is 54.0 Å². The molecule has 0 bridgehead atoms. The Kier molecular flexibility index (Phi) is 22.5. The number of hydrogen-bond donors (Lipinski definition) is 0. The van der Waals surface area contributed by atoms with Crippen molar-refractivity contribution in [2.45, 2.75) is 32.2 Å². The Morgan fingerprint density at radius 3 is 1.69 bits per heavy atom. The van der Waals surface area contributed by atoms with E-state index in [1.165, 1.54) is 4.68 Å². The molecule has 0 saturated carbocycles. The van der Waals surface area contributed by atoms with Gasteiger partial charge in [-0.15, -0.1) is 11.5 Å². The van der Waals surface area contributed by atoms with E-state index in [1.54, 1.807) is 14.2 Å². The molecule has 0 fully saturated rings. The normalized spacial score (nSPS) is 10.8. The van der Waals surface area contributed by atoms with Crippen molar-refractivity contribution in [1.82, 2.24) is 15.0 Å². The van der Waals surface area contributed by atoms with Crippen molar-refractivity contribution in [3.05, 3.63) is 11.4 Å². The number of carbonyl (C=O) groups excluding carboxylic acids is 3. The number of hydrogen-bond acceptors (Lipinski definition) is 14. The number of unbranched alkanes of at least 4 members (excludes halogenated alkanes) is 3. The van der Waals surface area contributed by atoms with Crippen molar-refractivity contribution in [2.75, 3.05) is 100 Å². The molecule has 0 radical (unpaired) electrons. The van der Waals surface area contributed by atoms with Crippen molar-refractivity contribution in [3.63, 3.8) is 0 Å². The molecule has 238 valence electrons. The van der Waals surface area contributed by atoms with Crippen LogP contribution in [0.25, 0.3) is 0 Å². The average molecular weight is 602 g/mol. The predicted octanol–water partition coefficient (Wildman–Crippen LogP) is 0.688. The second-order valence-corrected chi connectivity index (χ2v) is 8.41. The molecule has 42 heavy (non-hydrogen) atoms. The second-order valence-electron chi connectivity index (χ2n) is 8.41. The van der Waals surface area contributed by atoms with Crippen LogP contribution in [0.15, 0.2) is 0 Å². The Balaban J connectivity index is 2.56. The van der Waals surface area contributed by atoms with E-state index in [-0.39, 0.29) is 44.4 Å². The third kappa shape index (κ3) is 17.6. The van der Waals surface area contributed by atoms with E-state index in [2.05, 4.69) is 10.3 Å². The van der Waals surface area contributed by atoms with Crippen LogP contribution in [0.1, 0.15) is 46.7 Å². The maximum atomic E-state index is 12.9. The van der Waals surface area contributed by atoms with Gasteiger partial charge < -0.3 is 42.6 Å². The molecule has 1 aromatic heterocycles. The molecular formula is C27H43N3O12. The van der Waals surface area contributed by atoms with Crippen LogP contribution in [0.2, 0.25) is 0 Å². The van der Waals surface area contributed by atoms with Crippen LogP contribution >= 0.6 is 0 Å². The van der Waals surface area contributed by atoms with E-state index < -0.39 is 17.9 Å². The first-order valence-corrected chi connectivity index (χ1v) is 13.7. The summed E-state index contributed by atoms with van der Waals surface area (Å²) in [4.78, 5) is 36.6. The van der Waals surface area contributed by atoms with Crippen molar-refractivity contribution in [2.24, 2.45) is 0 Å². The van der Waals surface area contributed by atoms with Gasteiger partial charge in [-0.3, -0.25) is 0 Å². The lowest BCUT2D eigenvalue weighted by molar-refractivity contribution is -0.136. The standard InChI is InChI=1S/C27H43N3O12/c1-4-23(31)40-10-8-6-5-7-9-30-25(27(33)42-22-20-39-18-16-37-14-12-35-3)24(28-29-30)26(32)41-21-19-38-17-15-36-13-11-34-2/h1H,5-22H2,2-3H3. The number of rotatable bonds is 27. The zero-order chi connectivity index (χ0) is 30.7. The van der Waals surface area contributed by atoms with Gasteiger partial charge in [0.05, 0.1) is 72.7 Å². The summed E-state index contributed by atoms with van der Waals surface area (Å²) in [7, 11) is 3.17.